The van der Waals surface area contributed by atoms with Crippen LogP contribution in [-0.2, 0) is 4.79 Å². The number of halogens is 1. The second kappa shape index (κ2) is 9.87. The maximum Gasteiger partial charge on any atom is 0.302 e. The number of nitrogens with zero attached hydrogens (tertiary/aromatic N) is 3. The average molecular weight is 515 g/mol. The molecule has 2 aromatic carbocycles. The number of guanidine groups is 1. The highest BCUT2D eigenvalue weighted by Gasteiger charge is 2.31. The summed E-state index contributed by atoms with van der Waals surface area (Å²) in [4.78, 5) is 38.7. The standard InChI is InChI=1S/C27H23ClN6O3/c1-14-7-6-10-20-24(14)37-27(31-20)34-26-30-15(2)22(23(33-26)18-8-4-5-9-19(18)28)25(36)32-21-13-17(16(3)35)11-12-29-21/h4-13,23H,1-3H3,(H,29,32,36)(H2,30,31,33,34). The van der Waals surface area contributed by atoms with Crippen molar-refractivity contribution in [3.05, 3.63) is 93.8 Å². The minimum Gasteiger partial charge on any atom is -0.423 e. The van der Waals surface area contributed by atoms with Crippen LogP contribution in [0.25, 0.3) is 11.1 Å². The van der Waals surface area contributed by atoms with Crippen molar-refractivity contribution in [3.63, 3.8) is 0 Å². The number of oxazole rings is 1. The lowest BCUT2D eigenvalue weighted by molar-refractivity contribution is -0.113. The molecule has 0 saturated heterocycles. The van der Waals surface area contributed by atoms with Crippen molar-refractivity contribution in [3.8, 4) is 0 Å². The number of nitrogens with one attached hydrogen (secondary N) is 3. The van der Waals surface area contributed by atoms with E-state index in [2.05, 4.69) is 25.9 Å². The number of para-hydroxylation sites is 1. The number of carbonyl (C=O) groups excluding carboxylic acids is 2. The summed E-state index contributed by atoms with van der Waals surface area (Å²) in [5.74, 6) is 0.0465. The third-order valence-corrected chi connectivity index (χ3v) is 6.28. The Morgan fingerprint density at radius 1 is 1.08 bits per heavy atom. The zero-order valence-corrected chi connectivity index (χ0v) is 21.1. The molecule has 3 heterocycles. The molecule has 2 aromatic heterocycles. The third-order valence-electron chi connectivity index (χ3n) is 5.93. The number of benzene rings is 2. The lowest BCUT2D eigenvalue weighted by atomic mass is 9.95. The van der Waals surface area contributed by atoms with Crippen LogP contribution in [0.5, 0.6) is 0 Å². The number of allylic oxidation sites excluding steroid dienone is 1. The monoisotopic (exact) mass is 514 g/mol. The summed E-state index contributed by atoms with van der Waals surface area (Å²) >= 11 is 6.52. The van der Waals surface area contributed by atoms with Crippen molar-refractivity contribution in [2.75, 3.05) is 10.6 Å². The molecule has 1 atom stereocenters. The van der Waals surface area contributed by atoms with Crippen LogP contribution in [0.2, 0.25) is 5.02 Å². The van der Waals surface area contributed by atoms with E-state index >= 15 is 0 Å². The van der Waals surface area contributed by atoms with E-state index in [-0.39, 0.29) is 17.6 Å². The maximum atomic E-state index is 13.5. The molecule has 4 aromatic rings. The SMILES string of the molecule is CC(=O)c1ccnc(NC(=O)C2=C(C)NC(Nc3nc4cccc(C)c4o3)=NC2c2ccccc2Cl)c1. The van der Waals surface area contributed by atoms with Gasteiger partial charge in [0, 0.05) is 28.0 Å². The summed E-state index contributed by atoms with van der Waals surface area (Å²) in [6, 6.07) is 15.6. The van der Waals surface area contributed by atoms with Crippen LogP contribution in [0.4, 0.5) is 11.8 Å². The van der Waals surface area contributed by atoms with Gasteiger partial charge in [-0.1, -0.05) is 41.9 Å². The van der Waals surface area contributed by atoms with Crippen LogP contribution < -0.4 is 16.0 Å². The summed E-state index contributed by atoms with van der Waals surface area (Å²) in [6.45, 7) is 5.16. The van der Waals surface area contributed by atoms with Gasteiger partial charge in [0.25, 0.3) is 5.91 Å². The number of aryl methyl sites for hydroxylation is 1. The van der Waals surface area contributed by atoms with E-state index in [9.17, 15) is 9.59 Å². The minimum atomic E-state index is -0.737. The van der Waals surface area contributed by atoms with Crippen molar-refractivity contribution in [2.45, 2.75) is 26.8 Å². The second-order valence-electron chi connectivity index (χ2n) is 8.57. The molecule has 0 aliphatic carbocycles. The quantitative estimate of drug-likeness (QED) is 0.304. The molecule has 0 spiro atoms. The zero-order valence-electron chi connectivity index (χ0n) is 20.3. The van der Waals surface area contributed by atoms with E-state index in [1.54, 1.807) is 19.1 Å². The molecule has 3 N–H and O–H groups in total. The van der Waals surface area contributed by atoms with E-state index in [4.69, 9.17) is 21.0 Å². The fraction of sp³-hybridized carbons (Fsp3) is 0.148. The number of anilines is 2. The molecule has 0 radical (unpaired) electrons. The van der Waals surface area contributed by atoms with E-state index in [0.29, 0.717) is 44.5 Å². The first-order valence-electron chi connectivity index (χ1n) is 11.5. The molecule has 186 valence electrons. The van der Waals surface area contributed by atoms with Crippen LogP contribution in [-0.4, -0.2) is 27.6 Å². The van der Waals surface area contributed by atoms with Crippen molar-refractivity contribution in [1.29, 1.82) is 0 Å². The first-order valence-corrected chi connectivity index (χ1v) is 11.9. The molecule has 37 heavy (non-hydrogen) atoms. The normalized spacial score (nSPS) is 15.2. The number of fused-ring (bicyclic) bond motifs is 1. The molecular formula is C27H23ClN6O3. The maximum absolute atomic E-state index is 13.5. The molecule has 5 rings (SSSR count). The Hall–Kier alpha value is -4.50. The Morgan fingerprint density at radius 2 is 1.89 bits per heavy atom. The van der Waals surface area contributed by atoms with Crippen molar-refractivity contribution >= 4 is 52.2 Å². The molecule has 1 aliphatic rings. The summed E-state index contributed by atoms with van der Waals surface area (Å²) in [5, 5.41) is 9.45. The molecule has 0 fully saturated rings. The number of rotatable bonds is 5. The Morgan fingerprint density at radius 3 is 2.65 bits per heavy atom. The number of hydrogen-bond donors (Lipinski definition) is 3. The largest absolute Gasteiger partial charge is 0.423 e. The van der Waals surface area contributed by atoms with E-state index in [0.717, 1.165) is 5.56 Å². The number of hydrogen-bond acceptors (Lipinski definition) is 8. The summed E-state index contributed by atoms with van der Waals surface area (Å²) < 4.78 is 5.89. The molecule has 0 saturated carbocycles. The Kier molecular flexibility index (Phi) is 6.45. The van der Waals surface area contributed by atoms with Gasteiger partial charge in [0.15, 0.2) is 11.4 Å². The predicted octanol–water partition coefficient (Wildman–Crippen LogP) is 5.41. The molecule has 9 nitrogen and oxygen atoms in total. The van der Waals surface area contributed by atoms with Gasteiger partial charge >= 0.3 is 6.01 Å². The highest BCUT2D eigenvalue weighted by atomic mass is 35.5. The minimum absolute atomic E-state index is 0.128. The van der Waals surface area contributed by atoms with Gasteiger partial charge in [0.1, 0.15) is 17.4 Å². The van der Waals surface area contributed by atoms with Gasteiger partial charge < -0.3 is 15.1 Å². The van der Waals surface area contributed by atoms with Gasteiger partial charge in [-0.2, -0.15) is 4.98 Å². The first kappa shape index (κ1) is 24.2. The van der Waals surface area contributed by atoms with Gasteiger partial charge in [-0.3, -0.25) is 14.9 Å². The predicted molar refractivity (Wildman–Crippen MR) is 143 cm³/mol. The number of Topliss-reactive ketones (excluding diaryl/α,β-unsaturated/α-hetero) is 1. The lowest BCUT2D eigenvalue weighted by Crippen LogP contribution is -2.37. The molecule has 10 heteroatoms. The topological polar surface area (TPSA) is 122 Å². The summed E-state index contributed by atoms with van der Waals surface area (Å²) in [5.41, 5.74) is 4.35. The molecule has 1 unspecified atom stereocenters. The number of carbonyl (C=O) groups is 2. The summed E-state index contributed by atoms with van der Waals surface area (Å²) in [7, 11) is 0. The van der Waals surface area contributed by atoms with E-state index in [1.807, 2.05) is 43.3 Å². The van der Waals surface area contributed by atoms with Gasteiger partial charge in [0.05, 0.1) is 5.57 Å². The average Bonchev–Trinajstić information content (AvgIpc) is 3.28. The van der Waals surface area contributed by atoms with Crippen LogP contribution in [0.3, 0.4) is 0 Å². The highest BCUT2D eigenvalue weighted by Crippen LogP contribution is 2.35. The van der Waals surface area contributed by atoms with Crippen molar-refractivity contribution < 1.29 is 14.0 Å². The number of amides is 1. The smallest absolute Gasteiger partial charge is 0.302 e. The highest BCUT2D eigenvalue weighted by molar-refractivity contribution is 6.31. The van der Waals surface area contributed by atoms with Crippen LogP contribution >= 0.6 is 11.6 Å². The van der Waals surface area contributed by atoms with E-state index in [1.165, 1.54) is 19.2 Å². The molecule has 0 bridgehead atoms. The summed E-state index contributed by atoms with van der Waals surface area (Å²) in [6.07, 6.45) is 1.47. The van der Waals surface area contributed by atoms with Crippen molar-refractivity contribution in [2.24, 2.45) is 4.99 Å². The van der Waals surface area contributed by atoms with Gasteiger partial charge in [-0.15, -0.1) is 0 Å². The number of ketones is 1. The Bertz CT molecular complexity index is 1610. The third kappa shape index (κ3) is 4.94. The molecule has 1 amide bonds. The fourth-order valence-electron chi connectivity index (χ4n) is 4.10. The number of aromatic nitrogens is 2. The van der Waals surface area contributed by atoms with Gasteiger partial charge in [-0.05, 0) is 50.6 Å². The van der Waals surface area contributed by atoms with Crippen molar-refractivity contribution in [1.82, 2.24) is 15.3 Å². The molecule has 1 aliphatic heterocycles. The van der Waals surface area contributed by atoms with Crippen LogP contribution in [0, 0.1) is 6.92 Å². The fourth-order valence-corrected chi connectivity index (χ4v) is 4.34. The Labute approximate surface area is 217 Å². The molecular weight excluding hydrogens is 492 g/mol. The van der Waals surface area contributed by atoms with Gasteiger partial charge in [0.2, 0.25) is 5.96 Å². The van der Waals surface area contributed by atoms with Gasteiger partial charge in [-0.25, -0.2) is 9.98 Å². The van der Waals surface area contributed by atoms with Crippen LogP contribution in [0.15, 0.2) is 81.5 Å². The van der Waals surface area contributed by atoms with Crippen LogP contribution in [0.1, 0.15) is 41.4 Å². The number of aliphatic imine (C=N–C) groups is 1. The Balaban J connectivity index is 1.49. The second-order valence-corrected chi connectivity index (χ2v) is 8.98. The van der Waals surface area contributed by atoms with E-state index < -0.39 is 11.9 Å². The first-order chi connectivity index (χ1) is 17.8. The number of pyridine rings is 1. The lowest BCUT2D eigenvalue weighted by Gasteiger charge is -2.26. The zero-order chi connectivity index (χ0) is 26.1.